The Morgan fingerprint density at radius 2 is 1.67 bits per heavy atom. The third-order valence-corrected chi connectivity index (χ3v) is 6.80. The van der Waals surface area contributed by atoms with E-state index < -0.39 is 17.4 Å². The van der Waals surface area contributed by atoms with Crippen molar-refractivity contribution in [1.29, 1.82) is 5.26 Å². The van der Waals surface area contributed by atoms with Crippen LogP contribution < -0.4 is 30.0 Å². The van der Waals surface area contributed by atoms with Crippen LogP contribution in [-0.2, 0) is 9.53 Å². The molecule has 2 N–H and O–H groups in total. The molecule has 0 amide bonds. The van der Waals surface area contributed by atoms with Gasteiger partial charge >= 0.3 is 5.97 Å². The number of aromatic nitrogens is 1. The van der Waals surface area contributed by atoms with Crippen molar-refractivity contribution in [3.8, 4) is 17.6 Å². The summed E-state index contributed by atoms with van der Waals surface area (Å²) in [6, 6.07) is 16.6. The van der Waals surface area contributed by atoms with E-state index in [0.717, 1.165) is 22.6 Å². The maximum atomic E-state index is 13.4. The number of hydrogen-bond donors (Lipinski definition) is 1. The number of benzene rings is 2. The van der Waals surface area contributed by atoms with E-state index in [2.05, 4.69) is 6.07 Å². The number of nitrogens with two attached hydrogens (primary N) is 1. The first-order valence-electron chi connectivity index (χ1n) is 11.3. The van der Waals surface area contributed by atoms with Crippen LogP contribution in [0.1, 0.15) is 30.9 Å². The number of thiazole rings is 1. The Balaban J connectivity index is 1.94. The van der Waals surface area contributed by atoms with Gasteiger partial charge in [0, 0.05) is 0 Å². The van der Waals surface area contributed by atoms with Gasteiger partial charge in [0.25, 0.3) is 5.56 Å². The van der Waals surface area contributed by atoms with Crippen LogP contribution in [0.3, 0.4) is 0 Å². The van der Waals surface area contributed by atoms with Crippen molar-refractivity contribution in [3.05, 3.63) is 84.8 Å². The summed E-state index contributed by atoms with van der Waals surface area (Å²) in [7, 11) is 1.24. The first-order valence-corrected chi connectivity index (χ1v) is 12.2. The second-order valence-electron chi connectivity index (χ2n) is 7.81. The molecule has 3 aromatic rings. The van der Waals surface area contributed by atoms with Crippen molar-refractivity contribution in [3.63, 3.8) is 0 Å². The number of rotatable bonds is 7. The highest BCUT2D eigenvalue weighted by atomic mass is 32.1. The molecule has 0 aliphatic carbocycles. The molecule has 1 atom stereocenters. The van der Waals surface area contributed by atoms with E-state index in [-0.39, 0.29) is 17.0 Å². The SMILES string of the molecule is CCOc1ccc(/C=c2\sc3n(c2=O)C(N)=C(C(=O)OC)C(c2ccc(OCC)cc2)C=3C#N)cc1. The molecule has 1 aliphatic heterocycles. The van der Waals surface area contributed by atoms with E-state index in [1.54, 1.807) is 30.3 Å². The minimum absolute atomic E-state index is 0.0400. The Morgan fingerprint density at radius 3 is 2.19 bits per heavy atom. The minimum Gasteiger partial charge on any atom is -0.494 e. The van der Waals surface area contributed by atoms with E-state index in [4.69, 9.17) is 19.9 Å². The van der Waals surface area contributed by atoms with Gasteiger partial charge in [0.15, 0.2) is 0 Å². The van der Waals surface area contributed by atoms with Gasteiger partial charge in [-0.2, -0.15) is 5.26 Å². The van der Waals surface area contributed by atoms with Crippen LogP contribution in [0.2, 0.25) is 0 Å². The van der Waals surface area contributed by atoms with Crippen molar-refractivity contribution in [1.82, 2.24) is 4.57 Å². The summed E-state index contributed by atoms with van der Waals surface area (Å²) in [4.78, 5) is 26.2. The number of fused-ring (bicyclic) bond motifs is 1. The second kappa shape index (κ2) is 10.5. The van der Waals surface area contributed by atoms with Gasteiger partial charge in [-0.15, -0.1) is 11.3 Å². The lowest BCUT2D eigenvalue weighted by molar-refractivity contribution is -0.136. The standard InChI is InChI=1S/C27H25N3O5S/c1-4-34-18-10-6-16(7-11-18)14-21-25(31)30-24(29)23(27(32)33-3)22(20(15-28)26(30)36-21)17-8-12-19(13-9-17)35-5-2/h6-14,22H,4-5,29H2,1-3H3/b21-14-. The summed E-state index contributed by atoms with van der Waals surface area (Å²) >= 11 is 1.15. The van der Waals surface area contributed by atoms with E-state index in [0.29, 0.717) is 33.7 Å². The van der Waals surface area contributed by atoms with Crippen LogP contribution >= 0.6 is 11.3 Å². The van der Waals surface area contributed by atoms with Gasteiger partial charge in [0.05, 0.1) is 48.0 Å². The number of nitriles is 1. The highest BCUT2D eigenvalue weighted by Gasteiger charge is 2.36. The summed E-state index contributed by atoms with van der Waals surface area (Å²) in [5, 5.41) is 10.2. The topological polar surface area (TPSA) is 117 Å². The molecule has 0 spiro atoms. The average Bonchev–Trinajstić information content (AvgIpc) is 3.21. The van der Waals surface area contributed by atoms with Gasteiger partial charge in [-0.05, 0) is 55.3 Å². The van der Waals surface area contributed by atoms with E-state index in [1.807, 2.05) is 38.1 Å². The smallest absolute Gasteiger partial charge is 0.338 e. The number of hydrogen-bond acceptors (Lipinski definition) is 8. The van der Waals surface area contributed by atoms with Crippen LogP contribution in [0, 0.1) is 11.3 Å². The van der Waals surface area contributed by atoms with Crippen LogP contribution in [0.4, 0.5) is 0 Å². The molecular weight excluding hydrogens is 478 g/mol. The molecule has 1 aromatic heterocycles. The summed E-state index contributed by atoms with van der Waals surface area (Å²) in [6.45, 7) is 4.85. The first kappa shape index (κ1) is 24.8. The number of esters is 1. The Labute approximate surface area is 211 Å². The molecule has 184 valence electrons. The van der Waals surface area contributed by atoms with Crippen LogP contribution in [0.5, 0.6) is 11.5 Å². The van der Waals surface area contributed by atoms with Crippen LogP contribution in [0.25, 0.3) is 17.5 Å². The summed E-state index contributed by atoms with van der Waals surface area (Å²) < 4.78 is 18.0. The van der Waals surface area contributed by atoms with E-state index in [9.17, 15) is 14.9 Å². The van der Waals surface area contributed by atoms with Gasteiger partial charge in [0.2, 0.25) is 0 Å². The molecule has 0 saturated carbocycles. The molecule has 0 saturated heterocycles. The number of ether oxygens (including phenoxy) is 3. The Kier molecular flexibility index (Phi) is 7.27. The molecule has 0 fully saturated rings. The first-order chi connectivity index (χ1) is 17.4. The normalized spacial score (nSPS) is 15.3. The Morgan fingerprint density at radius 1 is 1.08 bits per heavy atom. The lowest BCUT2D eigenvalue weighted by Gasteiger charge is -2.24. The fraction of sp³-hybridized carbons (Fsp3) is 0.222. The van der Waals surface area contributed by atoms with Gasteiger partial charge in [0.1, 0.15) is 22.0 Å². The zero-order valence-electron chi connectivity index (χ0n) is 20.1. The molecular formula is C27H25N3O5S. The number of methoxy groups -OCH3 is 1. The summed E-state index contributed by atoms with van der Waals surface area (Å²) in [5.41, 5.74) is 7.72. The average molecular weight is 504 g/mol. The maximum absolute atomic E-state index is 13.4. The molecule has 2 aromatic carbocycles. The summed E-state index contributed by atoms with van der Waals surface area (Å²) in [5.74, 6) is -0.172. The predicted molar refractivity (Wildman–Crippen MR) is 138 cm³/mol. The van der Waals surface area contributed by atoms with Crippen LogP contribution in [-0.4, -0.2) is 30.9 Å². The van der Waals surface area contributed by atoms with Gasteiger partial charge < -0.3 is 19.9 Å². The molecule has 0 radical (unpaired) electrons. The molecule has 2 heterocycles. The number of carbonyl (C=O) groups excluding carboxylic acids is 1. The monoisotopic (exact) mass is 503 g/mol. The Hall–Kier alpha value is -4.29. The lowest BCUT2D eigenvalue weighted by atomic mass is 9.84. The number of carbonyl (C=O) groups is 1. The quantitative estimate of drug-likeness (QED) is 0.492. The fourth-order valence-electron chi connectivity index (χ4n) is 4.10. The second-order valence-corrected chi connectivity index (χ2v) is 8.84. The largest absolute Gasteiger partial charge is 0.494 e. The zero-order chi connectivity index (χ0) is 25.8. The van der Waals surface area contributed by atoms with Gasteiger partial charge in [-0.1, -0.05) is 24.3 Å². The summed E-state index contributed by atoms with van der Waals surface area (Å²) in [6.07, 6.45) is 1.72. The van der Waals surface area contributed by atoms with E-state index >= 15 is 0 Å². The fourth-order valence-corrected chi connectivity index (χ4v) is 5.22. The third kappa shape index (κ3) is 4.51. The maximum Gasteiger partial charge on any atom is 0.338 e. The van der Waals surface area contributed by atoms with Crippen LogP contribution in [0.15, 0.2) is 58.9 Å². The van der Waals surface area contributed by atoms with Crippen molar-refractivity contribution in [2.75, 3.05) is 20.3 Å². The van der Waals surface area contributed by atoms with Gasteiger partial charge in [-0.3, -0.25) is 9.36 Å². The van der Waals surface area contributed by atoms with Crippen molar-refractivity contribution < 1.29 is 19.0 Å². The molecule has 4 rings (SSSR count). The molecule has 1 aliphatic rings. The van der Waals surface area contributed by atoms with Crippen molar-refractivity contribution in [2.45, 2.75) is 19.8 Å². The minimum atomic E-state index is -0.797. The number of nitrogens with zero attached hydrogens (tertiary/aromatic N) is 2. The molecule has 9 heteroatoms. The predicted octanol–water partition coefficient (Wildman–Crippen LogP) is 2.31. The lowest BCUT2D eigenvalue weighted by Crippen LogP contribution is -2.40. The highest BCUT2D eigenvalue weighted by Crippen LogP contribution is 2.37. The highest BCUT2D eigenvalue weighted by molar-refractivity contribution is 7.07. The van der Waals surface area contributed by atoms with Gasteiger partial charge in [-0.25, -0.2) is 4.79 Å². The molecule has 1 unspecified atom stereocenters. The molecule has 0 bridgehead atoms. The molecule has 8 nitrogen and oxygen atoms in total. The Bertz CT molecular complexity index is 1540. The zero-order valence-corrected chi connectivity index (χ0v) is 20.9. The third-order valence-electron chi connectivity index (χ3n) is 5.69. The van der Waals surface area contributed by atoms with Crippen molar-refractivity contribution in [2.24, 2.45) is 5.73 Å². The molecule has 36 heavy (non-hydrogen) atoms. The van der Waals surface area contributed by atoms with Crippen molar-refractivity contribution >= 4 is 34.8 Å². The van der Waals surface area contributed by atoms with E-state index in [1.165, 1.54) is 11.7 Å².